The monoisotopic (exact) mass is 463 g/mol. The minimum atomic E-state index is -0.755. The average molecular weight is 464 g/mol. The van der Waals surface area contributed by atoms with Crippen LogP contribution in [0.4, 0.5) is 5.69 Å². The molecule has 3 aromatic rings. The fourth-order valence-corrected chi connectivity index (χ4v) is 4.00. The second kappa shape index (κ2) is 9.94. The molecule has 2 amide bonds. The van der Waals surface area contributed by atoms with Crippen LogP contribution in [-0.4, -0.2) is 57.0 Å². The van der Waals surface area contributed by atoms with Crippen molar-refractivity contribution in [3.8, 4) is 11.6 Å². The van der Waals surface area contributed by atoms with E-state index in [1.807, 2.05) is 26.0 Å². The molecule has 0 unspecified atom stereocenters. The van der Waals surface area contributed by atoms with Gasteiger partial charge in [0.15, 0.2) is 5.69 Å². The number of para-hydroxylation sites is 2. The number of ether oxygens (including phenoxy) is 1. The van der Waals surface area contributed by atoms with E-state index in [9.17, 15) is 14.7 Å². The molecule has 178 valence electrons. The lowest BCUT2D eigenvalue weighted by molar-refractivity contribution is -0.136. The number of hydrogen-bond donors (Lipinski definition) is 3. The van der Waals surface area contributed by atoms with Crippen LogP contribution in [0.15, 0.2) is 48.5 Å². The number of rotatable bonds is 6. The normalized spacial score (nSPS) is 15.3. The first kappa shape index (κ1) is 23.3. The topological polar surface area (TPSA) is 131 Å². The number of carbonyl (C=O) groups is 2. The van der Waals surface area contributed by atoms with Gasteiger partial charge in [0.25, 0.3) is 5.91 Å². The molecule has 4 rings (SSSR count). The minimum Gasteiger partial charge on any atom is -0.492 e. The van der Waals surface area contributed by atoms with Crippen molar-refractivity contribution in [2.45, 2.75) is 38.8 Å². The van der Waals surface area contributed by atoms with Gasteiger partial charge in [-0.2, -0.15) is 0 Å². The molecule has 2 aromatic carbocycles. The number of amides is 2. The van der Waals surface area contributed by atoms with Gasteiger partial charge in [0.1, 0.15) is 17.9 Å². The van der Waals surface area contributed by atoms with Gasteiger partial charge in [-0.05, 0) is 42.3 Å². The van der Waals surface area contributed by atoms with Crippen LogP contribution >= 0.6 is 0 Å². The number of nitrogens with zero attached hydrogens (tertiary/aromatic N) is 3. The number of fused-ring (bicyclic) bond motifs is 1. The highest BCUT2D eigenvalue weighted by molar-refractivity contribution is 5.99. The number of hydrogen-bond acceptors (Lipinski definition) is 7. The summed E-state index contributed by atoms with van der Waals surface area (Å²) in [4.78, 5) is 36.2. The van der Waals surface area contributed by atoms with Crippen LogP contribution in [-0.2, 0) is 4.79 Å². The summed E-state index contributed by atoms with van der Waals surface area (Å²) in [5, 5.41) is 13.0. The first-order valence-corrected chi connectivity index (χ1v) is 11.4. The van der Waals surface area contributed by atoms with E-state index in [2.05, 4.69) is 15.3 Å². The Morgan fingerprint density at radius 2 is 1.68 bits per heavy atom. The van der Waals surface area contributed by atoms with Crippen molar-refractivity contribution in [1.82, 2.24) is 20.2 Å². The highest BCUT2D eigenvalue weighted by Crippen LogP contribution is 2.22. The Kier molecular flexibility index (Phi) is 6.81. The van der Waals surface area contributed by atoms with Gasteiger partial charge in [0.05, 0.1) is 11.0 Å². The fourth-order valence-electron chi connectivity index (χ4n) is 4.00. The first-order valence-electron chi connectivity index (χ1n) is 11.4. The highest BCUT2D eigenvalue weighted by atomic mass is 16.5. The molecule has 9 nitrogen and oxygen atoms in total. The van der Waals surface area contributed by atoms with Gasteiger partial charge in [0.2, 0.25) is 11.8 Å². The van der Waals surface area contributed by atoms with E-state index < -0.39 is 17.8 Å². The molecule has 1 aromatic heterocycles. The number of carbonyl (C=O) groups excluding carboxylic acids is 2. The van der Waals surface area contributed by atoms with E-state index in [4.69, 9.17) is 10.5 Å². The zero-order valence-corrected chi connectivity index (χ0v) is 19.3. The van der Waals surface area contributed by atoms with E-state index in [0.717, 1.165) is 5.75 Å². The first-order chi connectivity index (χ1) is 16.3. The second-order valence-corrected chi connectivity index (χ2v) is 8.79. The smallest absolute Gasteiger partial charge is 0.276 e. The summed E-state index contributed by atoms with van der Waals surface area (Å²) < 4.78 is 6.01. The van der Waals surface area contributed by atoms with Gasteiger partial charge in [-0.1, -0.05) is 26.0 Å². The standard InChI is InChI=1S/C25H29N5O4/c1-15(2)21(29-24(32)22-23(31)28-20-6-4-3-5-19(20)27-22)25(33)30-13-11-18(12-14-30)34-17-9-7-16(26)8-10-17/h3-10,15,18,21H,11-14,26H2,1-2H3,(H,28,31)(H,29,32)/t21-/m0/s1. The van der Waals surface area contributed by atoms with E-state index in [-0.39, 0.29) is 23.6 Å². The summed E-state index contributed by atoms with van der Waals surface area (Å²) in [7, 11) is 0. The Labute approximate surface area is 197 Å². The molecule has 0 saturated carbocycles. The molecule has 1 aliphatic rings. The Morgan fingerprint density at radius 3 is 2.29 bits per heavy atom. The lowest BCUT2D eigenvalue weighted by Gasteiger charge is -2.35. The maximum atomic E-state index is 13.3. The number of nitrogen functional groups attached to an aromatic ring is 1. The summed E-state index contributed by atoms with van der Waals surface area (Å²) >= 11 is 0. The van der Waals surface area contributed by atoms with Crippen LogP contribution < -0.4 is 15.8 Å². The molecule has 0 bridgehead atoms. The average Bonchev–Trinajstić information content (AvgIpc) is 2.83. The van der Waals surface area contributed by atoms with Gasteiger partial charge in [-0.3, -0.25) is 9.59 Å². The van der Waals surface area contributed by atoms with Crippen LogP contribution in [0.25, 0.3) is 11.0 Å². The molecular formula is C25H29N5O4. The number of aromatic hydroxyl groups is 1. The molecule has 1 fully saturated rings. The summed E-state index contributed by atoms with van der Waals surface area (Å²) in [6, 6.07) is 13.5. The Balaban J connectivity index is 1.39. The minimum absolute atomic E-state index is 0.00425. The van der Waals surface area contributed by atoms with E-state index >= 15 is 0 Å². The number of benzene rings is 2. The molecule has 9 heteroatoms. The fraction of sp³-hybridized carbons (Fsp3) is 0.360. The van der Waals surface area contributed by atoms with E-state index in [1.54, 1.807) is 41.3 Å². The van der Waals surface area contributed by atoms with Crippen molar-refractivity contribution in [2.24, 2.45) is 5.92 Å². The summed E-state index contributed by atoms with van der Waals surface area (Å²) in [6.45, 7) is 4.79. The van der Waals surface area contributed by atoms with Crippen molar-refractivity contribution in [3.05, 3.63) is 54.2 Å². The Bertz CT molecular complexity index is 1170. The van der Waals surface area contributed by atoms with Crippen molar-refractivity contribution in [1.29, 1.82) is 0 Å². The van der Waals surface area contributed by atoms with Crippen LogP contribution in [0.3, 0.4) is 0 Å². The third-order valence-electron chi connectivity index (χ3n) is 5.92. The molecule has 1 aliphatic heterocycles. The Morgan fingerprint density at radius 1 is 1.06 bits per heavy atom. The molecule has 4 N–H and O–H groups in total. The maximum Gasteiger partial charge on any atom is 0.276 e. The van der Waals surface area contributed by atoms with Crippen LogP contribution in [0, 0.1) is 5.92 Å². The van der Waals surface area contributed by atoms with Crippen molar-refractivity contribution < 1.29 is 19.4 Å². The van der Waals surface area contributed by atoms with Gasteiger partial charge in [-0.25, -0.2) is 9.97 Å². The number of nitrogens with two attached hydrogens (primary N) is 1. The Hall–Kier alpha value is -3.88. The number of anilines is 1. The lowest BCUT2D eigenvalue weighted by Crippen LogP contribution is -2.53. The molecule has 0 aliphatic carbocycles. The van der Waals surface area contributed by atoms with Gasteiger partial charge in [-0.15, -0.1) is 0 Å². The molecule has 34 heavy (non-hydrogen) atoms. The third kappa shape index (κ3) is 5.19. The predicted molar refractivity (Wildman–Crippen MR) is 128 cm³/mol. The molecule has 1 saturated heterocycles. The molecule has 0 spiro atoms. The molecule has 2 heterocycles. The second-order valence-electron chi connectivity index (χ2n) is 8.79. The largest absolute Gasteiger partial charge is 0.492 e. The summed E-state index contributed by atoms with van der Waals surface area (Å²) in [5.74, 6) is -0.669. The van der Waals surface area contributed by atoms with E-state index in [0.29, 0.717) is 42.7 Å². The van der Waals surface area contributed by atoms with Crippen molar-refractivity contribution in [2.75, 3.05) is 18.8 Å². The molecule has 1 atom stereocenters. The van der Waals surface area contributed by atoms with Crippen molar-refractivity contribution >= 4 is 28.5 Å². The van der Waals surface area contributed by atoms with Gasteiger partial charge < -0.3 is 25.8 Å². The molecular weight excluding hydrogens is 434 g/mol. The highest BCUT2D eigenvalue weighted by Gasteiger charge is 2.33. The number of aromatic nitrogens is 2. The zero-order valence-electron chi connectivity index (χ0n) is 19.3. The van der Waals surface area contributed by atoms with E-state index in [1.165, 1.54) is 0 Å². The van der Waals surface area contributed by atoms with Crippen molar-refractivity contribution in [3.63, 3.8) is 0 Å². The SMILES string of the molecule is CC(C)[C@H](NC(=O)c1nc2ccccc2nc1O)C(=O)N1CCC(Oc2ccc(N)cc2)CC1. The molecule has 0 radical (unpaired) electrons. The number of likely N-dealkylation sites (tertiary alicyclic amines) is 1. The van der Waals surface area contributed by atoms with Crippen LogP contribution in [0.2, 0.25) is 0 Å². The van der Waals surface area contributed by atoms with Gasteiger partial charge in [0, 0.05) is 31.6 Å². The summed E-state index contributed by atoms with van der Waals surface area (Å²) in [6.07, 6.45) is 1.38. The van der Waals surface area contributed by atoms with Crippen LogP contribution in [0.5, 0.6) is 11.6 Å². The quantitative estimate of drug-likeness (QED) is 0.479. The lowest BCUT2D eigenvalue weighted by atomic mass is 10.00. The van der Waals surface area contributed by atoms with Crippen LogP contribution in [0.1, 0.15) is 37.2 Å². The summed E-state index contributed by atoms with van der Waals surface area (Å²) in [5.41, 5.74) is 7.16. The predicted octanol–water partition coefficient (Wildman–Crippen LogP) is 2.74. The number of piperidine rings is 1. The maximum absolute atomic E-state index is 13.3. The number of nitrogens with one attached hydrogen (secondary N) is 1. The third-order valence-corrected chi connectivity index (χ3v) is 5.92. The van der Waals surface area contributed by atoms with Gasteiger partial charge >= 0.3 is 0 Å². The zero-order chi connectivity index (χ0) is 24.2.